The zero-order valence-electron chi connectivity index (χ0n) is 43.5. The Morgan fingerprint density at radius 3 is 1.13 bits per heavy atom. The first kappa shape index (κ1) is 57.7. The van der Waals surface area contributed by atoms with Crippen LogP contribution in [0.2, 0.25) is 0 Å². The van der Waals surface area contributed by atoms with Crippen molar-refractivity contribution < 1.29 is 38.1 Å². The van der Waals surface area contributed by atoms with Crippen LogP contribution < -0.4 is 20.1 Å². The minimum absolute atomic E-state index is 0.0809. The van der Waals surface area contributed by atoms with Gasteiger partial charge in [0, 0.05) is 35.1 Å². The van der Waals surface area contributed by atoms with Gasteiger partial charge in [0.05, 0.1) is 13.2 Å². The van der Waals surface area contributed by atoms with E-state index in [1.807, 2.05) is 90.1 Å². The molecule has 2 aromatic rings. The Kier molecular flexibility index (Phi) is 27.4. The number of ether oxygens (including phenoxy) is 4. The predicted molar refractivity (Wildman–Crippen MR) is 277 cm³/mol. The van der Waals surface area contributed by atoms with E-state index in [0.717, 1.165) is 113 Å². The number of unbranched alkanes of at least 4 members (excludes halogenated alkanes) is 10. The molecule has 0 atom stereocenters. The molecule has 0 aliphatic heterocycles. The standard InChI is InChI=1S/C30H47NO4.C28H43NO4/c1-5-7-8-9-10-11-12-23-34-26-18-13-24(14-19-26)15-22-28(32)35-27-20-16-25(17-21-27)31-29(33)30(3,4)6-2;1-5-7-8-9-10-21-32-24-16-11-22(12-17-24)13-20-26(30)33-25-18-14-23(15-19-25)29-27(31)28(3,4)6-2/h13-15,18-19,22,25,27H,5-12,16-17,20-21,23H2,1-4H3,(H,31,33);11-13,16-17,20,23,25H,5-10,14-15,18-19,21H2,1-4H3,(H,29,31)/b22-15+;20-13+. The lowest BCUT2D eigenvalue weighted by Gasteiger charge is -2.31. The number of amides is 2. The molecular weight excluding hydrogens is 853 g/mol. The van der Waals surface area contributed by atoms with E-state index in [-0.39, 0.29) is 58.9 Å². The van der Waals surface area contributed by atoms with Crippen molar-refractivity contribution in [3.8, 4) is 11.5 Å². The highest BCUT2D eigenvalue weighted by atomic mass is 16.5. The third kappa shape index (κ3) is 23.6. The van der Waals surface area contributed by atoms with Crippen LogP contribution in [0.5, 0.6) is 11.5 Å². The van der Waals surface area contributed by atoms with Crippen LogP contribution in [-0.2, 0) is 28.7 Å². The first-order valence-electron chi connectivity index (χ1n) is 26.5. The fourth-order valence-electron chi connectivity index (χ4n) is 7.96. The number of hydrogen-bond donors (Lipinski definition) is 2. The van der Waals surface area contributed by atoms with Crippen molar-refractivity contribution in [3.05, 3.63) is 71.8 Å². The molecule has 2 fully saturated rings. The van der Waals surface area contributed by atoms with Gasteiger partial charge >= 0.3 is 11.9 Å². The molecule has 2 aliphatic carbocycles. The zero-order chi connectivity index (χ0) is 49.6. The number of carbonyl (C=O) groups excluding carboxylic acids is 4. The van der Waals surface area contributed by atoms with E-state index in [9.17, 15) is 19.2 Å². The second-order valence-corrected chi connectivity index (χ2v) is 20.3. The monoisotopic (exact) mass is 943 g/mol. The number of benzene rings is 2. The summed E-state index contributed by atoms with van der Waals surface area (Å²) in [5, 5.41) is 6.31. The molecule has 2 aromatic carbocycles. The third-order valence-corrected chi connectivity index (χ3v) is 13.7. The Labute approximate surface area is 411 Å². The minimum atomic E-state index is -0.341. The largest absolute Gasteiger partial charge is 0.494 e. The topological polar surface area (TPSA) is 129 Å². The van der Waals surface area contributed by atoms with Gasteiger partial charge in [-0.25, -0.2) is 9.59 Å². The molecule has 0 unspecified atom stereocenters. The van der Waals surface area contributed by atoms with Gasteiger partial charge in [-0.3, -0.25) is 9.59 Å². The third-order valence-electron chi connectivity index (χ3n) is 13.7. The fraction of sp³-hybridized carbons (Fsp3) is 0.655. The van der Waals surface area contributed by atoms with E-state index in [4.69, 9.17) is 18.9 Å². The molecule has 0 radical (unpaired) electrons. The van der Waals surface area contributed by atoms with Crippen molar-refractivity contribution in [3.63, 3.8) is 0 Å². The first-order chi connectivity index (χ1) is 32.7. The van der Waals surface area contributed by atoms with Gasteiger partial charge in [-0.15, -0.1) is 0 Å². The van der Waals surface area contributed by atoms with Gasteiger partial charge in [0.15, 0.2) is 0 Å². The molecule has 2 aliphatic rings. The molecule has 2 amide bonds. The van der Waals surface area contributed by atoms with Crippen LogP contribution in [0.1, 0.15) is 208 Å². The summed E-state index contributed by atoms with van der Waals surface area (Å²) in [4.78, 5) is 49.2. The summed E-state index contributed by atoms with van der Waals surface area (Å²) in [5.41, 5.74) is 1.20. The summed E-state index contributed by atoms with van der Waals surface area (Å²) < 4.78 is 22.8. The van der Waals surface area contributed by atoms with Crippen molar-refractivity contribution in [1.82, 2.24) is 10.6 Å². The highest BCUT2D eigenvalue weighted by Gasteiger charge is 2.31. The van der Waals surface area contributed by atoms with Crippen LogP contribution in [0, 0.1) is 10.8 Å². The SMILES string of the molecule is CCCCCCCCCOc1ccc(/C=C/C(=O)OC2CCC(NC(=O)C(C)(C)CC)CC2)cc1.CCCCCCCOc1ccc(/C=C/C(=O)OC2CCC(NC(=O)C(C)(C)CC)CC2)cc1. The number of rotatable bonds is 28. The van der Waals surface area contributed by atoms with Crippen molar-refractivity contribution >= 4 is 35.9 Å². The Hall–Kier alpha value is -4.60. The number of nitrogens with one attached hydrogen (secondary N) is 2. The van der Waals surface area contributed by atoms with Crippen LogP contribution in [0.15, 0.2) is 60.7 Å². The van der Waals surface area contributed by atoms with Crippen molar-refractivity contribution in [2.45, 2.75) is 221 Å². The molecule has 4 rings (SSSR count). The fourth-order valence-corrected chi connectivity index (χ4v) is 7.96. The average molecular weight is 943 g/mol. The van der Waals surface area contributed by atoms with Gasteiger partial charge in [0.25, 0.3) is 0 Å². The summed E-state index contributed by atoms with van der Waals surface area (Å²) >= 11 is 0. The van der Waals surface area contributed by atoms with E-state index in [1.165, 1.54) is 76.4 Å². The van der Waals surface area contributed by atoms with Crippen LogP contribution in [0.3, 0.4) is 0 Å². The lowest BCUT2D eigenvalue weighted by atomic mass is 9.87. The highest BCUT2D eigenvalue weighted by molar-refractivity contribution is 5.88. The molecule has 68 heavy (non-hydrogen) atoms. The summed E-state index contributed by atoms with van der Waals surface area (Å²) in [5.74, 6) is 1.30. The summed E-state index contributed by atoms with van der Waals surface area (Å²) in [6.07, 6.45) is 29.5. The molecule has 2 N–H and O–H groups in total. The Bertz CT molecular complexity index is 1780. The van der Waals surface area contributed by atoms with Crippen LogP contribution in [0.25, 0.3) is 12.2 Å². The molecule has 0 bridgehead atoms. The Morgan fingerprint density at radius 2 is 0.809 bits per heavy atom. The van der Waals surface area contributed by atoms with E-state index in [2.05, 4.69) is 24.5 Å². The molecule has 0 spiro atoms. The maximum Gasteiger partial charge on any atom is 0.331 e. The summed E-state index contributed by atoms with van der Waals surface area (Å²) in [6.45, 7) is 17.9. The number of carbonyl (C=O) groups is 4. The van der Waals surface area contributed by atoms with E-state index in [0.29, 0.717) is 0 Å². The molecule has 380 valence electrons. The maximum absolute atomic E-state index is 12.4. The van der Waals surface area contributed by atoms with Crippen molar-refractivity contribution in [2.75, 3.05) is 13.2 Å². The molecule has 0 heterocycles. The number of esters is 2. The van der Waals surface area contributed by atoms with Gasteiger partial charge in [-0.1, -0.05) is 144 Å². The average Bonchev–Trinajstić information content (AvgIpc) is 3.34. The quantitative estimate of drug-likeness (QED) is 0.0490. The maximum atomic E-state index is 12.4. The van der Waals surface area contributed by atoms with E-state index >= 15 is 0 Å². The smallest absolute Gasteiger partial charge is 0.331 e. The van der Waals surface area contributed by atoms with Crippen molar-refractivity contribution in [1.29, 1.82) is 0 Å². The van der Waals surface area contributed by atoms with Crippen LogP contribution >= 0.6 is 0 Å². The van der Waals surface area contributed by atoms with Crippen LogP contribution in [0.4, 0.5) is 0 Å². The van der Waals surface area contributed by atoms with Gasteiger partial charge in [-0.2, -0.15) is 0 Å². The summed E-state index contributed by atoms with van der Waals surface area (Å²) in [7, 11) is 0. The lowest BCUT2D eigenvalue weighted by Crippen LogP contribution is -2.45. The Morgan fingerprint density at radius 1 is 0.485 bits per heavy atom. The predicted octanol–water partition coefficient (Wildman–Crippen LogP) is 13.7. The molecule has 2 saturated carbocycles. The normalized spacial score (nSPS) is 18.6. The zero-order valence-corrected chi connectivity index (χ0v) is 43.5. The lowest BCUT2D eigenvalue weighted by molar-refractivity contribution is -0.145. The molecule has 10 heteroatoms. The van der Waals surface area contributed by atoms with Crippen LogP contribution in [-0.4, -0.2) is 61.3 Å². The molecule has 0 aromatic heterocycles. The molecule has 0 saturated heterocycles. The Balaban J connectivity index is 0.000000361. The minimum Gasteiger partial charge on any atom is -0.494 e. The second-order valence-electron chi connectivity index (χ2n) is 20.3. The van der Waals surface area contributed by atoms with Gasteiger partial charge in [-0.05, 0) is 125 Å². The van der Waals surface area contributed by atoms with E-state index < -0.39 is 0 Å². The van der Waals surface area contributed by atoms with Gasteiger partial charge < -0.3 is 29.6 Å². The van der Waals surface area contributed by atoms with Gasteiger partial charge in [0.2, 0.25) is 11.8 Å². The second kappa shape index (κ2) is 32.3. The van der Waals surface area contributed by atoms with Crippen molar-refractivity contribution in [2.24, 2.45) is 10.8 Å². The van der Waals surface area contributed by atoms with E-state index in [1.54, 1.807) is 12.2 Å². The number of hydrogen-bond acceptors (Lipinski definition) is 8. The van der Waals surface area contributed by atoms with Gasteiger partial charge in [0.1, 0.15) is 23.7 Å². The molecule has 10 nitrogen and oxygen atoms in total. The first-order valence-corrected chi connectivity index (χ1v) is 26.5. The highest BCUT2D eigenvalue weighted by Crippen LogP contribution is 2.27. The molecular formula is C58H90N2O8. The summed E-state index contributed by atoms with van der Waals surface area (Å²) in [6, 6.07) is 15.9.